The lowest BCUT2D eigenvalue weighted by molar-refractivity contribution is -0.137. The lowest BCUT2D eigenvalue weighted by Crippen LogP contribution is -2.29. The molecule has 0 amide bonds. The fraction of sp³-hybridized carbons (Fsp3) is 0.421. The molecular formula is C19H21F3N2. The van der Waals surface area contributed by atoms with Crippen LogP contribution in [0.2, 0.25) is 0 Å². The van der Waals surface area contributed by atoms with Gasteiger partial charge in [-0.05, 0) is 62.8 Å². The van der Waals surface area contributed by atoms with Crippen LogP contribution in [0.3, 0.4) is 0 Å². The molecule has 1 aliphatic heterocycles. The first kappa shape index (κ1) is 17.0. The molecule has 5 heteroatoms. The molecule has 1 aromatic carbocycles. The summed E-state index contributed by atoms with van der Waals surface area (Å²) in [4.78, 5) is 7.07. The second kappa shape index (κ2) is 6.93. The molecule has 1 aliphatic rings. The second-order valence-electron chi connectivity index (χ2n) is 6.50. The number of benzene rings is 1. The van der Waals surface area contributed by atoms with Crippen molar-refractivity contribution in [1.29, 1.82) is 0 Å². The summed E-state index contributed by atoms with van der Waals surface area (Å²) in [6.45, 7) is 2.16. The molecule has 0 aliphatic carbocycles. The highest BCUT2D eigenvalue weighted by Gasteiger charge is 2.29. The van der Waals surface area contributed by atoms with E-state index in [1.807, 2.05) is 12.1 Å². The highest BCUT2D eigenvalue weighted by molar-refractivity contribution is 5.28. The maximum Gasteiger partial charge on any atom is 0.416 e. The van der Waals surface area contributed by atoms with Crippen molar-refractivity contribution in [3.63, 3.8) is 0 Å². The number of aromatic nitrogens is 1. The SMILES string of the molecule is CN1CCC(c2cccc(Cc3ccc(C(F)(F)F)cc3)n2)CC1. The Labute approximate surface area is 140 Å². The van der Waals surface area contributed by atoms with E-state index < -0.39 is 11.7 Å². The van der Waals surface area contributed by atoms with Gasteiger partial charge in [0.25, 0.3) is 0 Å². The molecule has 128 valence electrons. The molecule has 1 fully saturated rings. The zero-order valence-electron chi connectivity index (χ0n) is 13.7. The second-order valence-corrected chi connectivity index (χ2v) is 6.50. The first-order valence-electron chi connectivity index (χ1n) is 8.22. The predicted molar refractivity (Wildman–Crippen MR) is 88.0 cm³/mol. The number of piperidine rings is 1. The summed E-state index contributed by atoms with van der Waals surface area (Å²) in [5.41, 5.74) is 2.24. The van der Waals surface area contributed by atoms with Crippen molar-refractivity contribution in [2.75, 3.05) is 20.1 Å². The first-order chi connectivity index (χ1) is 11.4. The smallest absolute Gasteiger partial charge is 0.306 e. The molecule has 24 heavy (non-hydrogen) atoms. The molecule has 0 atom stereocenters. The van der Waals surface area contributed by atoms with Gasteiger partial charge in [-0.25, -0.2) is 0 Å². The van der Waals surface area contributed by atoms with Gasteiger partial charge < -0.3 is 4.90 Å². The van der Waals surface area contributed by atoms with E-state index in [2.05, 4.69) is 18.0 Å². The molecular weight excluding hydrogens is 313 g/mol. The standard InChI is InChI=1S/C19H21F3N2/c1-24-11-9-15(10-12-24)18-4-2-3-17(23-18)13-14-5-7-16(8-6-14)19(20,21)22/h2-8,15H,9-13H2,1H3. The maximum atomic E-state index is 12.6. The molecule has 0 saturated carbocycles. The van der Waals surface area contributed by atoms with Crippen LogP contribution in [0.5, 0.6) is 0 Å². The Morgan fingerprint density at radius 2 is 1.71 bits per heavy atom. The molecule has 2 heterocycles. The lowest BCUT2D eigenvalue weighted by Gasteiger charge is -2.28. The highest BCUT2D eigenvalue weighted by Crippen LogP contribution is 2.30. The largest absolute Gasteiger partial charge is 0.416 e. The van der Waals surface area contributed by atoms with Crippen LogP contribution in [0.25, 0.3) is 0 Å². The lowest BCUT2D eigenvalue weighted by atomic mass is 9.93. The fourth-order valence-electron chi connectivity index (χ4n) is 3.15. The zero-order chi connectivity index (χ0) is 17.2. The van der Waals surface area contributed by atoms with Crippen LogP contribution < -0.4 is 0 Å². The topological polar surface area (TPSA) is 16.1 Å². The number of hydrogen-bond donors (Lipinski definition) is 0. The van der Waals surface area contributed by atoms with Crippen molar-refractivity contribution in [3.05, 3.63) is 65.0 Å². The third kappa shape index (κ3) is 4.15. The van der Waals surface area contributed by atoms with Gasteiger partial charge >= 0.3 is 6.18 Å². The molecule has 0 bridgehead atoms. The monoisotopic (exact) mass is 334 g/mol. The van der Waals surface area contributed by atoms with E-state index in [0.29, 0.717) is 12.3 Å². The van der Waals surface area contributed by atoms with E-state index in [4.69, 9.17) is 4.98 Å². The van der Waals surface area contributed by atoms with Crippen LogP contribution in [0.1, 0.15) is 41.3 Å². The van der Waals surface area contributed by atoms with Gasteiger partial charge in [0.15, 0.2) is 0 Å². The Hall–Kier alpha value is -1.88. The minimum Gasteiger partial charge on any atom is -0.306 e. The van der Waals surface area contributed by atoms with Crippen molar-refractivity contribution in [2.45, 2.75) is 31.4 Å². The molecule has 1 aromatic heterocycles. The first-order valence-corrected chi connectivity index (χ1v) is 8.22. The molecule has 1 saturated heterocycles. The molecule has 2 aromatic rings. The van der Waals surface area contributed by atoms with Crippen molar-refractivity contribution >= 4 is 0 Å². The fourth-order valence-corrected chi connectivity index (χ4v) is 3.15. The summed E-state index contributed by atoms with van der Waals surface area (Å²) in [6, 6.07) is 11.3. The minimum absolute atomic E-state index is 0.480. The van der Waals surface area contributed by atoms with Crippen LogP contribution in [0, 0.1) is 0 Å². The summed E-state index contributed by atoms with van der Waals surface area (Å²) in [6.07, 6.45) is -1.52. The average molecular weight is 334 g/mol. The van der Waals surface area contributed by atoms with Crippen LogP contribution in [0.15, 0.2) is 42.5 Å². The van der Waals surface area contributed by atoms with Crippen LogP contribution in [-0.4, -0.2) is 30.0 Å². The Kier molecular flexibility index (Phi) is 4.90. The summed E-state index contributed by atoms with van der Waals surface area (Å²) < 4.78 is 37.9. The van der Waals surface area contributed by atoms with Crippen molar-refractivity contribution in [3.8, 4) is 0 Å². The van der Waals surface area contributed by atoms with Gasteiger partial charge in [-0.2, -0.15) is 13.2 Å². The number of pyridine rings is 1. The van der Waals surface area contributed by atoms with Gasteiger partial charge in [-0.1, -0.05) is 18.2 Å². The molecule has 0 spiro atoms. The number of alkyl halides is 3. The molecule has 3 rings (SSSR count). The van der Waals surface area contributed by atoms with E-state index in [1.165, 1.54) is 12.1 Å². The van der Waals surface area contributed by atoms with Crippen LogP contribution >= 0.6 is 0 Å². The summed E-state index contributed by atoms with van der Waals surface area (Å²) in [7, 11) is 2.13. The van der Waals surface area contributed by atoms with Gasteiger partial charge in [-0.15, -0.1) is 0 Å². The normalized spacial score (nSPS) is 17.2. The quantitative estimate of drug-likeness (QED) is 0.821. The molecule has 0 radical (unpaired) electrons. The van der Waals surface area contributed by atoms with E-state index in [9.17, 15) is 13.2 Å². The predicted octanol–water partition coefficient (Wildman–Crippen LogP) is 4.50. The van der Waals surface area contributed by atoms with E-state index in [0.717, 1.165) is 55.0 Å². The van der Waals surface area contributed by atoms with Crippen molar-refractivity contribution < 1.29 is 13.2 Å². The summed E-state index contributed by atoms with van der Waals surface area (Å²) >= 11 is 0. The van der Waals surface area contributed by atoms with Crippen LogP contribution in [-0.2, 0) is 12.6 Å². The molecule has 0 unspecified atom stereocenters. The third-order valence-electron chi connectivity index (χ3n) is 4.63. The Bertz CT molecular complexity index is 672. The Morgan fingerprint density at radius 1 is 1.04 bits per heavy atom. The number of rotatable bonds is 3. The van der Waals surface area contributed by atoms with Crippen molar-refractivity contribution in [1.82, 2.24) is 9.88 Å². The average Bonchev–Trinajstić information content (AvgIpc) is 2.55. The number of hydrogen-bond acceptors (Lipinski definition) is 2. The third-order valence-corrected chi connectivity index (χ3v) is 4.63. The van der Waals surface area contributed by atoms with E-state index in [-0.39, 0.29) is 0 Å². The van der Waals surface area contributed by atoms with E-state index >= 15 is 0 Å². The highest BCUT2D eigenvalue weighted by atomic mass is 19.4. The van der Waals surface area contributed by atoms with Gasteiger partial charge in [0.1, 0.15) is 0 Å². The van der Waals surface area contributed by atoms with Gasteiger partial charge in [0.2, 0.25) is 0 Å². The Balaban J connectivity index is 1.70. The molecule has 2 nitrogen and oxygen atoms in total. The zero-order valence-corrected chi connectivity index (χ0v) is 13.7. The summed E-state index contributed by atoms with van der Waals surface area (Å²) in [5, 5.41) is 0. The van der Waals surface area contributed by atoms with Gasteiger partial charge in [0, 0.05) is 23.7 Å². The molecule has 0 N–H and O–H groups in total. The number of nitrogens with zero attached hydrogens (tertiary/aromatic N) is 2. The van der Waals surface area contributed by atoms with Gasteiger partial charge in [-0.3, -0.25) is 4.98 Å². The van der Waals surface area contributed by atoms with E-state index in [1.54, 1.807) is 0 Å². The van der Waals surface area contributed by atoms with Crippen molar-refractivity contribution in [2.24, 2.45) is 0 Å². The minimum atomic E-state index is -4.29. The van der Waals surface area contributed by atoms with Gasteiger partial charge in [0.05, 0.1) is 5.56 Å². The number of halogens is 3. The Morgan fingerprint density at radius 3 is 2.33 bits per heavy atom. The maximum absolute atomic E-state index is 12.6. The number of likely N-dealkylation sites (tertiary alicyclic amines) is 1. The summed E-state index contributed by atoms with van der Waals surface area (Å²) in [5.74, 6) is 0.480. The van der Waals surface area contributed by atoms with Crippen LogP contribution in [0.4, 0.5) is 13.2 Å².